The molecule has 1 aliphatic rings. The Kier molecular flexibility index (Phi) is 4.94. The summed E-state index contributed by atoms with van der Waals surface area (Å²) in [6, 6.07) is 0.111. The van der Waals surface area contributed by atoms with Crippen molar-refractivity contribution in [1.82, 2.24) is 15.3 Å². The molecule has 6 heteroatoms. The van der Waals surface area contributed by atoms with E-state index < -0.39 is 0 Å². The molecule has 1 N–H and O–H groups in total. The van der Waals surface area contributed by atoms with Crippen LogP contribution in [0, 0.1) is 0 Å². The Morgan fingerprint density at radius 3 is 2.95 bits per heavy atom. The highest BCUT2D eigenvalue weighted by Gasteiger charge is 2.23. The van der Waals surface area contributed by atoms with Crippen LogP contribution < -0.4 is 5.32 Å². The van der Waals surface area contributed by atoms with E-state index in [0.29, 0.717) is 12.4 Å². The molecule has 1 aliphatic heterocycles. The fourth-order valence-electron chi connectivity index (χ4n) is 2.20. The SMILES string of the molecule is CC1CC(NC(=O)c2nc(C(C)C)ncc2Cl)CCO1. The van der Waals surface area contributed by atoms with Gasteiger partial charge in [-0.3, -0.25) is 4.79 Å². The second-order valence-corrected chi connectivity index (χ2v) is 5.86. The summed E-state index contributed by atoms with van der Waals surface area (Å²) in [5.74, 6) is 0.542. The van der Waals surface area contributed by atoms with Crippen molar-refractivity contribution in [3.05, 3.63) is 22.7 Å². The molecule has 2 heterocycles. The van der Waals surface area contributed by atoms with Crippen LogP contribution in [0.4, 0.5) is 0 Å². The maximum absolute atomic E-state index is 12.3. The van der Waals surface area contributed by atoms with Gasteiger partial charge in [0.05, 0.1) is 17.3 Å². The van der Waals surface area contributed by atoms with Gasteiger partial charge in [-0.05, 0) is 19.8 Å². The number of halogens is 1. The van der Waals surface area contributed by atoms with Gasteiger partial charge < -0.3 is 10.1 Å². The standard InChI is InChI=1S/C14H20ClN3O2/c1-8(2)13-16-7-11(15)12(18-13)14(19)17-10-4-5-20-9(3)6-10/h7-10H,4-6H2,1-3H3,(H,17,19). The zero-order chi connectivity index (χ0) is 14.7. The number of hydrogen-bond acceptors (Lipinski definition) is 4. The molecule has 5 nitrogen and oxygen atoms in total. The zero-order valence-corrected chi connectivity index (χ0v) is 12.8. The maximum atomic E-state index is 12.3. The number of ether oxygens (including phenoxy) is 1. The predicted octanol–water partition coefficient (Wildman–Crippen LogP) is 2.55. The van der Waals surface area contributed by atoms with Crippen molar-refractivity contribution in [2.24, 2.45) is 0 Å². The van der Waals surface area contributed by atoms with Crippen LogP contribution in [0.25, 0.3) is 0 Å². The number of hydrogen-bond donors (Lipinski definition) is 1. The Balaban J connectivity index is 2.10. The van der Waals surface area contributed by atoms with Crippen molar-refractivity contribution in [1.29, 1.82) is 0 Å². The molecule has 0 spiro atoms. The van der Waals surface area contributed by atoms with Gasteiger partial charge in [0, 0.05) is 18.6 Å². The van der Waals surface area contributed by atoms with Crippen LogP contribution in [-0.4, -0.2) is 34.6 Å². The summed E-state index contributed by atoms with van der Waals surface area (Å²) in [6.07, 6.45) is 3.29. The molecule has 110 valence electrons. The summed E-state index contributed by atoms with van der Waals surface area (Å²) >= 11 is 6.03. The molecule has 1 saturated heterocycles. The normalized spacial score (nSPS) is 22.9. The van der Waals surface area contributed by atoms with Crippen molar-refractivity contribution in [3.63, 3.8) is 0 Å². The molecule has 0 radical (unpaired) electrons. The van der Waals surface area contributed by atoms with Crippen molar-refractivity contribution < 1.29 is 9.53 Å². The highest BCUT2D eigenvalue weighted by Crippen LogP contribution is 2.18. The lowest BCUT2D eigenvalue weighted by Crippen LogP contribution is -2.41. The summed E-state index contributed by atoms with van der Waals surface area (Å²) in [5, 5.41) is 3.26. The lowest BCUT2D eigenvalue weighted by Gasteiger charge is -2.27. The van der Waals surface area contributed by atoms with Gasteiger partial charge >= 0.3 is 0 Å². The average molecular weight is 298 g/mol. The van der Waals surface area contributed by atoms with Gasteiger partial charge in [-0.25, -0.2) is 9.97 Å². The van der Waals surface area contributed by atoms with Crippen LogP contribution in [-0.2, 0) is 4.74 Å². The average Bonchev–Trinajstić information content (AvgIpc) is 2.38. The fourth-order valence-corrected chi connectivity index (χ4v) is 2.38. The predicted molar refractivity (Wildman–Crippen MR) is 77.0 cm³/mol. The number of rotatable bonds is 3. The van der Waals surface area contributed by atoms with Crippen LogP contribution in [0.1, 0.15) is 55.8 Å². The summed E-state index contributed by atoms with van der Waals surface area (Å²) in [4.78, 5) is 20.7. The van der Waals surface area contributed by atoms with Crippen molar-refractivity contribution in [2.45, 2.75) is 51.7 Å². The van der Waals surface area contributed by atoms with E-state index in [1.54, 1.807) is 0 Å². The molecular formula is C14H20ClN3O2. The van der Waals surface area contributed by atoms with Gasteiger partial charge in [-0.2, -0.15) is 0 Å². The van der Waals surface area contributed by atoms with E-state index in [0.717, 1.165) is 12.8 Å². The van der Waals surface area contributed by atoms with E-state index in [1.807, 2.05) is 20.8 Å². The monoisotopic (exact) mass is 297 g/mol. The summed E-state index contributed by atoms with van der Waals surface area (Å²) in [7, 11) is 0. The minimum Gasteiger partial charge on any atom is -0.378 e. The van der Waals surface area contributed by atoms with Crippen molar-refractivity contribution >= 4 is 17.5 Å². The highest BCUT2D eigenvalue weighted by molar-refractivity contribution is 6.33. The fraction of sp³-hybridized carbons (Fsp3) is 0.643. The molecule has 0 aromatic carbocycles. The Morgan fingerprint density at radius 1 is 1.55 bits per heavy atom. The van der Waals surface area contributed by atoms with Gasteiger partial charge in [0.2, 0.25) is 0 Å². The third-order valence-corrected chi connectivity index (χ3v) is 3.59. The molecule has 0 aliphatic carbocycles. The topological polar surface area (TPSA) is 64.1 Å². The Labute approximate surface area is 124 Å². The molecule has 1 aromatic rings. The van der Waals surface area contributed by atoms with E-state index >= 15 is 0 Å². The zero-order valence-electron chi connectivity index (χ0n) is 12.0. The largest absolute Gasteiger partial charge is 0.378 e. The lowest BCUT2D eigenvalue weighted by molar-refractivity contribution is 0.0136. The molecule has 20 heavy (non-hydrogen) atoms. The third-order valence-electron chi connectivity index (χ3n) is 3.31. The summed E-state index contributed by atoms with van der Waals surface area (Å²) in [6.45, 7) is 6.63. The van der Waals surface area contributed by atoms with Crippen LogP contribution in [0.15, 0.2) is 6.20 Å². The summed E-state index contributed by atoms with van der Waals surface area (Å²) < 4.78 is 5.47. The molecule has 0 saturated carbocycles. The van der Waals surface area contributed by atoms with E-state index in [-0.39, 0.29) is 34.7 Å². The number of carbonyl (C=O) groups excluding carboxylic acids is 1. The van der Waals surface area contributed by atoms with Crippen LogP contribution >= 0.6 is 11.6 Å². The molecule has 0 bridgehead atoms. The first-order valence-electron chi connectivity index (χ1n) is 6.92. The lowest BCUT2D eigenvalue weighted by atomic mass is 10.0. The first-order valence-corrected chi connectivity index (χ1v) is 7.30. The number of nitrogens with zero attached hydrogens (tertiary/aromatic N) is 2. The number of amides is 1. The van der Waals surface area contributed by atoms with E-state index in [9.17, 15) is 4.79 Å². The van der Waals surface area contributed by atoms with Gasteiger partial charge in [-0.1, -0.05) is 25.4 Å². The smallest absolute Gasteiger partial charge is 0.271 e. The number of aromatic nitrogens is 2. The minimum absolute atomic E-state index is 0.111. The second kappa shape index (κ2) is 6.50. The van der Waals surface area contributed by atoms with E-state index in [2.05, 4.69) is 15.3 Å². The molecule has 2 atom stereocenters. The van der Waals surface area contributed by atoms with E-state index in [4.69, 9.17) is 16.3 Å². The van der Waals surface area contributed by atoms with Crippen molar-refractivity contribution in [3.8, 4) is 0 Å². The number of carbonyl (C=O) groups is 1. The van der Waals surface area contributed by atoms with Gasteiger partial charge in [0.1, 0.15) is 11.5 Å². The molecule has 1 amide bonds. The van der Waals surface area contributed by atoms with Crippen LogP contribution in [0.3, 0.4) is 0 Å². The highest BCUT2D eigenvalue weighted by atomic mass is 35.5. The summed E-state index contributed by atoms with van der Waals surface area (Å²) in [5.41, 5.74) is 0.254. The Hall–Kier alpha value is -1.20. The van der Waals surface area contributed by atoms with Crippen molar-refractivity contribution in [2.75, 3.05) is 6.61 Å². The Bertz CT molecular complexity index is 493. The first-order chi connectivity index (χ1) is 9.47. The maximum Gasteiger partial charge on any atom is 0.271 e. The van der Waals surface area contributed by atoms with Gasteiger partial charge in [0.15, 0.2) is 0 Å². The first kappa shape index (κ1) is 15.2. The van der Waals surface area contributed by atoms with Gasteiger partial charge in [-0.15, -0.1) is 0 Å². The quantitative estimate of drug-likeness (QED) is 0.931. The van der Waals surface area contributed by atoms with Crippen LogP contribution in [0.2, 0.25) is 5.02 Å². The number of nitrogens with one attached hydrogen (secondary N) is 1. The molecule has 2 rings (SSSR count). The van der Waals surface area contributed by atoms with E-state index in [1.165, 1.54) is 6.20 Å². The third kappa shape index (κ3) is 3.67. The van der Waals surface area contributed by atoms with Crippen LogP contribution in [0.5, 0.6) is 0 Å². The molecule has 2 unspecified atom stereocenters. The second-order valence-electron chi connectivity index (χ2n) is 5.46. The van der Waals surface area contributed by atoms with Gasteiger partial charge in [0.25, 0.3) is 5.91 Å². The molecule has 1 fully saturated rings. The Morgan fingerprint density at radius 2 is 2.30 bits per heavy atom. The molecular weight excluding hydrogens is 278 g/mol. The minimum atomic E-state index is -0.238. The molecule has 1 aromatic heterocycles.